The zero-order valence-corrected chi connectivity index (χ0v) is 17.6. The molecule has 1 heterocycles. The number of carbonyl (C=O) groups excluding carboxylic acids is 2. The summed E-state index contributed by atoms with van der Waals surface area (Å²) < 4.78 is 5.35. The summed E-state index contributed by atoms with van der Waals surface area (Å²) in [6.45, 7) is 5.88. The molecule has 28 heavy (non-hydrogen) atoms. The van der Waals surface area contributed by atoms with Crippen molar-refractivity contribution < 1.29 is 14.3 Å². The first-order chi connectivity index (χ1) is 13.5. The Labute approximate surface area is 170 Å². The third kappa shape index (κ3) is 4.98. The van der Waals surface area contributed by atoms with Gasteiger partial charge in [0, 0.05) is 17.0 Å². The van der Waals surface area contributed by atoms with Gasteiger partial charge in [0.2, 0.25) is 0 Å². The van der Waals surface area contributed by atoms with Crippen molar-refractivity contribution in [2.45, 2.75) is 65.0 Å². The molecule has 0 unspecified atom stereocenters. The van der Waals surface area contributed by atoms with Gasteiger partial charge in [0.25, 0.3) is 5.91 Å². The van der Waals surface area contributed by atoms with Crippen molar-refractivity contribution in [3.05, 3.63) is 40.9 Å². The molecular weight excluding hydrogens is 372 g/mol. The van der Waals surface area contributed by atoms with Crippen LogP contribution in [0.2, 0.25) is 0 Å². The number of hydrogen-bond acceptors (Lipinski definition) is 5. The molecule has 1 aliphatic rings. The van der Waals surface area contributed by atoms with E-state index in [0.29, 0.717) is 5.92 Å². The van der Waals surface area contributed by atoms with Crippen molar-refractivity contribution in [3.63, 3.8) is 0 Å². The summed E-state index contributed by atoms with van der Waals surface area (Å²) in [5, 5.41) is 5.48. The van der Waals surface area contributed by atoms with Gasteiger partial charge < -0.3 is 10.1 Å². The van der Waals surface area contributed by atoms with Gasteiger partial charge >= 0.3 is 5.97 Å². The second-order valence-electron chi connectivity index (χ2n) is 7.51. The van der Waals surface area contributed by atoms with Crippen molar-refractivity contribution in [1.82, 2.24) is 10.3 Å². The Morgan fingerprint density at radius 3 is 2.64 bits per heavy atom. The molecule has 6 heteroatoms. The van der Waals surface area contributed by atoms with E-state index in [1.807, 2.05) is 12.1 Å². The zero-order chi connectivity index (χ0) is 20.1. The fourth-order valence-corrected chi connectivity index (χ4v) is 4.28. The molecule has 1 saturated carbocycles. The van der Waals surface area contributed by atoms with E-state index < -0.39 is 12.1 Å². The van der Waals surface area contributed by atoms with Crippen LogP contribution in [-0.4, -0.2) is 29.0 Å². The van der Waals surface area contributed by atoms with Crippen LogP contribution in [0.5, 0.6) is 0 Å². The molecule has 1 N–H and O–H groups in total. The maximum absolute atomic E-state index is 12.4. The Bertz CT molecular complexity index is 815. The zero-order valence-electron chi connectivity index (χ0n) is 16.7. The van der Waals surface area contributed by atoms with Gasteiger partial charge in [-0.3, -0.25) is 4.79 Å². The predicted octanol–water partition coefficient (Wildman–Crippen LogP) is 4.61. The molecule has 0 spiro atoms. The van der Waals surface area contributed by atoms with Crippen molar-refractivity contribution in [3.8, 4) is 10.6 Å². The van der Waals surface area contributed by atoms with Crippen molar-refractivity contribution in [2.75, 3.05) is 0 Å². The Morgan fingerprint density at radius 2 is 1.96 bits per heavy atom. The predicted molar refractivity (Wildman–Crippen MR) is 111 cm³/mol. The standard InChI is InChI=1S/C22H28N2O3S/c1-4-16-9-11-17(12-10-16)21-24-19(13-28-21)22(26)27-15(3)20(25)23-18-8-6-5-7-14(18)2/h9-15,18H,4-8H2,1-3H3,(H,23,25)/t14-,15-,18-/m0/s1. The van der Waals surface area contributed by atoms with E-state index in [-0.39, 0.29) is 17.6 Å². The number of thiazole rings is 1. The number of amides is 1. The molecule has 0 aliphatic heterocycles. The quantitative estimate of drug-likeness (QED) is 0.719. The summed E-state index contributed by atoms with van der Waals surface area (Å²) in [7, 11) is 0. The van der Waals surface area contributed by atoms with Gasteiger partial charge in [-0.05, 0) is 37.7 Å². The molecule has 150 valence electrons. The van der Waals surface area contributed by atoms with Crippen LogP contribution in [0.1, 0.15) is 62.5 Å². The lowest BCUT2D eigenvalue weighted by Crippen LogP contribution is -2.46. The van der Waals surface area contributed by atoms with Gasteiger partial charge in [-0.25, -0.2) is 9.78 Å². The van der Waals surface area contributed by atoms with Crippen LogP contribution < -0.4 is 5.32 Å². The first-order valence-corrected chi connectivity index (χ1v) is 10.9. The van der Waals surface area contributed by atoms with Crippen LogP contribution in [0.25, 0.3) is 10.6 Å². The van der Waals surface area contributed by atoms with Crippen LogP contribution in [0.15, 0.2) is 29.6 Å². The molecule has 1 aliphatic carbocycles. The first kappa shape index (κ1) is 20.5. The monoisotopic (exact) mass is 400 g/mol. The molecular formula is C22H28N2O3S. The topological polar surface area (TPSA) is 68.3 Å². The number of nitrogens with one attached hydrogen (secondary N) is 1. The summed E-state index contributed by atoms with van der Waals surface area (Å²) >= 11 is 1.40. The minimum absolute atomic E-state index is 0.166. The van der Waals surface area contributed by atoms with Crippen molar-refractivity contribution in [2.24, 2.45) is 5.92 Å². The lowest BCUT2D eigenvalue weighted by atomic mass is 9.86. The summed E-state index contributed by atoms with van der Waals surface area (Å²) in [4.78, 5) is 29.2. The van der Waals surface area contributed by atoms with Crippen molar-refractivity contribution in [1.29, 1.82) is 0 Å². The molecule has 1 fully saturated rings. The highest BCUT2D eigenvalue weighted by Crippen LogP contribution is 2.25. The highest BCUT2D eigenvalue weighted by Gasteiger charge is 2.27. The van der Waals surface area contributed by atoms with Gasteiger partial charge in [0.05, 0.1) is 0 Å². The van der Waals surface area contributed by atoms with E-state index in [2.05, 4.69) is 36.3 Å². The summed E-state index contributed by atoms with van der Waals surface area (Å²) in [6.07, 6.45) is 4.60. The van der Waals surface area contributed by atoms with E-state index in [4.69, 9.17) is 4.74 Å². The summed E-state index contributed by atoms with van der Waals surface area (Å²) in [6, 6.07) is 8.31. The molecule has 0 bridgehead atoms. The van der Waals surface area contributed by atoms with E-state index in [1.165, 1.54) is 23.3 Å². The molecule has 1 amide bonds. The largest absolute Gasteiger partial charge is 0.448 e. The van der Waals surface area contributed by atoms with Crippen LogP contribution in [0.3, 0.4) is 0 Å². The fourth-order valence-electron chi connectivity index (χ4n) is 3.49. The lowest BCUT2D eigenvalue weighted by Gasteiger charge is -2.30. The highest BCUT2D eigenvalue weighted by atomic mass is 32.1. The molecule has 3 atom stereocenters. The van der Waals surface area contributed by atoms with E-state index in [1.54, 1.807) is 12.3 Å². The number of aryl methyl sites for hydroxylation is 1. The minimum atomic E-state index is -0.837. The Hall–Kier alpha value is -2.21. The molecule has 0 radical (unpaired) electrons. The minimum Gasteiger partial charge on any atom is -0.448 e. The van der Waals surface area contributed by atoms with Crippen LogP contribution in [-0.2, 0) is 16.0 Å². The average Bonchev–Trinajstić information content (AvgIpc) is 3.20. The number of rotatable bonds is 6. The molecule has 5 nitrogen and oxygen atoms in total. The second kappa shape index (κ2) is 9.32. The molecule has 1 aromatic carbocycles. The molecule has 1 aromatic heterocycles. The smallest absolute Gasteiger partial charge is 0.358 e. The normalized spacial score (nSPS) is 20.4. The average molecular weight is 401 g/mol. The number of ether oxygens (including phenoxy) is 1. The maximum atomic E-state index is 12.4. The highest BCUT2D eigenvalue weighted by molar-refractivity contribution is 7.13. The fraction of sp³-hybridized carbons (Fsp3) is 0.500. The van der Waals surface area contributed by atoms with Gasteiger partial charge in [0.15, 0.2) is 11.8 Å². The maximum Gasteiger partial charge on any atom is 0.358 e. The van der Waals surface area contributed by atoms with Crippen molar-refractivity contribution >= 4 is 23.2 Å². The second-order valence-corrected chi connectivity index (χ2v) is 8.37. The van der Waals surface area contributed by atoms with Crippen LogP contribution in [0.4, 0.5) is 0 Å². The Balaban J connectivity index is 1.58. The number of benzene rings is 1. The van der Waals surface area contributed by atoms with E-state index in [9.17, 15) is 9.59 Å². The van der Waals surface area contributed by atoms with Gasteiger partial charge in [0.1, 0.15) is 5.01 Å². The molecule has 3 rings (SSSR count). The third-order valence-corrected chi connectivity index (χ3v) is 6.31. The summed E-state index contributed by atoms with van der Waals surface area (Å²) in [5.41, 5.74) is 2.47. The van der Waals surface area contributed by atoms with Gasteiger partial charge in [-0.1, -0.05) is 51.0 Å². The number of hydrogen-bond donors (Lipinski definition) is 1. The van der Waals surface area contributed by atoms with Crippen LogP contribution in [0, 0.1) is 5.92 Å². The van der Waals surface area contributed by atoms with Crippen LogP contribution >= 0.6 is 11.3 Å². The SMILES string of the molecule is CCc1ccc(-c2nc(C(=O)O[C@@H](C)C(=O)N[C@H]3CCCC[C@@H]3C)cs2)cc1. The van der Waals surface area contributed by atoms with Gasteiger partial charge in [-0.15, -0.1) is 11.3 Å². The molecule has 0 saturated heterocycles. The number of aromatic nitrogens is 1. The number of esters is 1. The molecule has 2 aromatic rings. The first-order valence-electron chi connectivity index (χ1n) is 10.0. The van der Waals surface area contributed by atoms with E-state index >= 15 is 0 Å². The summed E-state index contributed by atoms with van der Waals surface area (Å²) in [5.74, 6) is -0.342. The lowest BCUT2D eigenvalue weighted by molar-refractivity contribution is -0.130. The van der Waals surface area contributed by atoms with E-state index in [0.717, 1.165) is 36.3 Å². The number of nitrogens with zero attached hydrogens (tertiary/aromatic N) is 1. The Morgan fingerprint density at radius 1 is 1.25 bits per heavy atom. The Kier molecular flexibility index (Phi) is 6.83. The van der Waals surface area contributed by atoms with Gasteiger partial charge in [-0.2, -0.15) is 0 Å². The number of carbonyl (C=O) groups is 2. The third-order valence-electron chi connectivity index (χ3n) is 5.41.